The van der Waals surface area contributed by atoms with E-state index < -0.39 is 20.2 Å². The number of rotatable bonds is 2. The summed E-state index contributed by atoms with van der Waals surface area (Å²) in [6, 6.07) is 8.41. The normalized spacial score (nSPS) is 12.8. The summed E-state index contributed by atoms with van der Waals surface area (Å²) in [4.78, 5) is -0.494. The van der Waals surface area contributed by atoms with Crippen LogP contribution in [-0.4, -0.2) is 25.9 Å². The third-order valence-corrected chi connectivity index (χ3v) is 5.76. The van der Waals surface area contributed by atoms with Crippen LogP contribution in [-0.2, 0) is 27.3 Å². The van der Waals surface area contributed by atoms with E-state index in [1.807, 2.05) is 0 Å². The molecular formula is C15H14NO6S2+. The molecule has 0 saturated carbocycles. The van der Waals surface area contributed by atoms with Crippen molar-refractivity contribution in [2.45, 2.75) is 16.7 Å². The molecule has 0 amide bonds. The van der Waals surface area contributed by atoms with Gasteiger partial charge in [0.15, 0.2) is 0 Å². The maximum atomic E-state index is 11.4. The van der Waals surface area contributed by atoms with Crippen molar-refractivity contribution in [1.29, 1.82) is 0 Å². The maximum Gasteiger partial charge on any atom is 0.294 e. The lowest BCUT2D eigenvalue weighted by molar-refractivity contribution is -0.617. The Balaban J connectivity index is 2.50. The summed E-state index contributed by atoms with van der Waals surface area (Å²) >= 11 is 0. The third-order valence-electron chi connectivity index (χ3n) is 4.06. The molecule has 9 heteroatoms. The summed E-state index contributed by atoms with van der Waals surface area (Å²) in [6.07, 6.45) is 0. The Morgan fingerprint density at radius 2 is 1.17 bits per heavy atom. The molecule has 7 nitrogen and oxygen atoms in total. The number of aromatic nitrogens is 1. The molecular weight excluding hydrogens is 354 g/mol. The lowest BCUT2D eigenvalue weighted by Gasteiger charge is -2.08. The van der Waals surface area contributed by atoms with Gasteiger partial charge in [-0.1, -0.05) is 0 Å². The molecule has 0 atom stereocenters. The van der Waals surface area contributed by atoms with Crippen molar-refractivity contribution in [1.82, 2.24) is 0 Å². The van der Waals surface area contributed by atoms with Crippen molar-refractivity contribution in [2.24, 2.45) is 7.05 Å². The molecule has 0 aliphatic carbocycles. The zero-order valence-corrected chi connectivity index (χ0v) is 14.4. The van der Waals surface area contributed by atoms with E-state index in [-0.39, 0.29) is 9.79 Å². The molecule has 2 N–H and O–H groups in total. The Labute approximate surface area is 138 Å². The van der Waals surface area contributed by atoms with Gasteiger partial charge in [0.2, 0.25) is 11.0 Å². The molecule has 0 aliphatic rings. The van der Waals surface area contributed by atoms with Crippen LogP contribution in [0, 0.1) is 6.92 Å². The molecule has 3 rings (SSSR count). The Hall–Kier alpha value is -2.07. The minimum atomic E-state index is -4.35. The predicted octanol–water partition coefficient (Wildman–Crippen LogP) is 1.62. The van der Waals surface area contributed by atoms with Crippen LogP contribution in [0.25, 0.3) is 21.8 Å². The molecule has 0 spiro atoms. The Morgan fingerprint density at radius 1 is 0.792 bits per heavy atom. The first kappa shape index (κ1) is 16.8. The molecule has 1 heterocycles. The van der Waals surface area contributed by atoms with Crippen LogP contribution in [0.15, 0.2) is 46.2 Å². The van der Waals surface area contributed by atoms with Crippen LogP contribution in [0.5, 0.6) is 0 Å². The number of pyridine rings is 1. The highest BCUT2D eigenvalue weighted by molar-refractivity contribution is 7.86. The van der Waals surface area contributed by atoms with E-state index >= 15 is 0 Å². The third kappa shape index (κ3) is 2.65. The van der Waals surface area contributed by atoms with Crippen LogP contribution in [0.4, 0.5) is 0 Å². The van der Waals surface area contributed by atoms with E-state index in [2.05, 4.69) is 0 Å². The van der Waals surface area contributed by atoms with Gasteiger partial charge in [-0.15, -0.1) is 0 Å². The van der Waals surface area contributed by atoms with E-state index in [1.165, 1.54) is 24.3 Å². The standard InChI is InChI=1S/C15H13NO6S2/c1-9-12-7-10(23(17,18)19)3-5-14(12)16(2)15-6-4-11(8-13(9)15)24(20,21)22/h3-8H,1-2H3,(H-,17,18,19,20,21,22)/p+1. The Kier molecular flexibility index (Phi) is 3.64. The SMILES string of the molecule is Cc1c2cc(S(=O)(=O)O)ccc2[n+](C)c2ccc(S(=O)(=O)O)cc12. The second kappa shape index (κ2) is 5.21. The van der Waals surface area contributed by atoms with Crippen molar-refractivity contribution in [3.8, 4) is 0 Å². The molecule has 2 aromatic carbocycles. The van der Waals surface area contributed by atoms with Crippen LogP contribution >= 0.6 is 0 Å². The van der Waals surface area contributed by atoms with Gasteiger partial charge in [0.05, 0.1) is 20.6 Å². The zero-order chi connectivity index (χ0) is 17.9. The van der Waals surface area contributed by atoms with E-state index in [1.54, 1.807) is 30.7 Å². The Bertz CT molecular complexity index is 1120. The Morgan fingerprint density at radius 3 is 1.50 bits per heavy atom. The fraction of sp³-hybridized carbons (Fsp3) is 0.133. The quantitative estimate of drug-likeness (QED) is 0.404. The molecule has 24 heavy (non-hydrogen) atoms. The number of hydrogen-bond acceptors (Lipinski definition) is 4. The van der Waals surface area contributed by atoms with E-state index in [4.69, 9.17) is 0 Å². The molecule has 0 saturated heterocycles. The van der Waals surface area contributed by atoms with Gasteiger partial charge in [0.25, 0.3) is 20.2 Å². The summed E-state index contributed by atoms with van der Waals surface area (Å²) in [5.41, 5.74) is 2.06. The highest BCUT2D eigenvalue weighted by atomic mass is 32.2. The fourth-order valence-electron chi connectivity index (χ4n) is 2.81. The van der Waals surface area contributed by atoms with Crippen LogP contribution in [0.2, 0.25) is 0 Å². The summed E-state index contributed by atoms with van der Waals surface area (Å²) in [6.45, 7) is 1.71. The van der Waals surface area contributed by atoms with Gasteiger partial charge in [-0.2, -0.15) is 21.4 Å². The fourth-order valence-corrected chi connectivity index (χ4v) is 3.83. The summed E-state index contributed by atoms with van der Waals surface area (Å²) in [5, 5.41) is 1.10. The van der Waals surface area contributed by atoms with Crippen molar-refractivity contribution in [3.63, 3.8) is 0 Å². The molecule has 0 aliphatic heterocycles. The van der Waals surface area contributed by atoms with Gasteiger partial charge in [0, 0.05) is 12.1 Å². The molecule has 0 radical (unpaired) electrons. The highest BCUT2D eigenvalue weighted by Gasteiger charge is 2.21. The number of benzene rings is 2. The monoisotopic (exact) mass is 368 g/mol. The van der Waals surface area contributed by atoms with Crippen molar-refractivity contribution >= 4 is 42.0 Å². The molecule has 126 valence electrons. The zero-order valence-electron chi connectivity index (χ0n) is 12.8. The molecule has 1 aromatic heterocycles. The van der Waals surface area contributed by atoms with Gasteiger partial charge in [-0.25, -0.2) is 0 Å². The number of nitrogens with zero attached hydrogens (tertiary/aromatic N) is 1. The van der Waals surface area contributed by atoms with Gasteiger partial charge < -0.3 is 0 Å². The highest BCUT2D eigenvalue weighted by Crippen LogP contribution is 2.27. The summed E-state index contributed by atoms with van der Waals surface area (Å²) in [5.74, 6) is 0. The lowest BCUT2D eigenvalue weighted by Crippen LogP contribution is -2.30. The molecule has 0 bridgehead atoms. The minimum absolute atomic E-state index is 0.247. The van der Waals surface area contributed by atoms with Crippen LogP contribution in [0.3, 0.4) is 0 Å². The van der Waals surface area contributed by atoms with Gasteiger partial charge in [-0.05, 0) is 36.8 Å². The first-order valence-corrected chi connectivity index (χ1v) is 9.69. The average molecular weight is 368 g/mol. The summed E-state index contributed by atoms with van der Waals surface area (Å²) < 4.78 is 65.7. The smallest absolute Gasteiger partial charge is 0.282 e. The van der Waals surface area contributed by atoms with Gasteiger partial charge in [-0.3, -0.25) is 9.11 Å². The molecule has 0 unspecified atom stereocenters. The first-order chi connectivity index (χ1) is 11.0. The molecule has 0 fully saturated rings. The maximum absolute atomic E-state index is 11.4. The van der Waals surface area contributed by atoms with Crippen molar-refractivity contribution in [3.05, 3.63) is 42.0 Å². The van der Waals surface area contributed by atoms with Gasteiger partial charge >= 0.3 is 0 Å². The predicted molar refractivity (Wildman–Crippen MR) is 87.0 cm³/mol. The summed E-state index contributed by atoms with van der Waals surface area (Å²) in [7, 11) is -6.95. The molecule has 3 aromatic rings. The lowest BCUT2D eigenvalue weighted by atomic mass is 10.0. The first-order valence-electron chi connectivity index (χ1n) is 6.81. The topological polar surface area (TPSA) is 113 Å². The van der Waals surface area contributed by atoms with Crippen molar-refractivity contribution < 1.29 is 30.5 Å². The van der Waals surface area contributed by atoms with Crippen LogP contribution in [0.1, 0.15) is 5.56 Å². The second-order valence-corrected chi connectivity index (χ2v) is 8.34. The number of fused-ring (bicyclic) bond motifs is 2. The second-order valence-electron chi connectivity index (χ2n) is 5.49. The minimum Gasteiger partial charge on any atom is -0.282 e. The van der Waals surface area contributed by atoms with E-state index in [0.717, 1.165) is 0 Å². The number of hydrogen-bond donors (Lipinski definition) is 2. The largest absolute Gasteiger partial charge is 0.294 e. The van der Waals surface area contributed by atoms with E-state index in [9.17, 15) is 25.9 Å². The van der Waals surface area contributed by atoms with Crippen LogP contribution < -0.4 is 4.57 Å². The average Bonchev–Trinajstić information content (AvgIpc) is 2.49. The number of aryl methyl sites for hydroxylation is 2. The van der Waals surface area contributed by atoms with E-state index in [0.29, 0.717) is 27.4 Å². The van der Waals surface area contributed by atoms with Gasteiger partial charge in [0.1, 0.15) is 7.05 Å². The van der Waals surface area contributed by atoms with Crippen molar-refractivity contribution in [2.75, 3.05) is 0 Å².